The lowest BCUT2D eigenvalue weighted by Gasteiger charge is -2.38. The van der Waals surface area contributed by atoms with E-state index in [1.54, 1.807) is 52.0 Å². The average molecular weight is 777 g/mol. The predicted octanol–water partition coefficient (Wildman–Crippen LogP) is 4.42. The smallest absolute Gasteiger partial charge is 0.315 e. The summed E-state index contributed by atoms with van der Waals surface area (Å²) in [5.74, 6) is -2.48. The molecule has 5 amide bonds. The van der Waals surface area contributed by atoms with Gasteiger partial charge in [0.1, 0.15) is 18.1 Å². The van der Waals surface area contributed by atoms with Crippen LogP contribution in [0.15, 0.2) is 24.3 Å². The van der Waals surface area contributed by atoms with Crippen LogP contribution >= 0.6 is 11.6 Å². The summed E-state index contributed by atoms with van der Waals surface area (Å²) in [5, 5.41) is 11.4. The average Bonchev–Trinajstić information content (AvgIpc) is 3.44. The molecule has 1 unspecified atom stereocenters. The van der Waals surface area contributed by atoms with Crippen molar-refractivity contribution in [3.8, 4) is 0 Å². The maximum absolute atomic E-state index is 14.3. The largest absolute Gasteiger partial charge is 0.352 e. The van der Waals surface area contributed by atoms with Gasteiger partial charge in [0, 0.05) is 43.7 Å². The zero-order valence-electron chi connectivity index (χ0n) is 32.3. The van der Waals surface area contributed by atoms with Crippen molar-refractivity contribution in [1.82, 2.24) is 30.5 Å². The zero-order valence-corrected chi connectivity index (χ0v) is 33.9. The summed E-state index contributed by atoms with van der Waals surface area (Å²) in [6.07, 6.45) is -1.91. The summed E-state index contributed by atoms with van der Waals surface area (Å²) < 4.78 is 52.9. The van der Waals surface area contributed by atoms with Crippen molar-refractivity contribution in [2.24, 2.45) is 22.7 Å². The van der Waals surface area contributed by atoms with Crippen LogP contribution < -0.4 is 21.3 Å². The number of carbonyl (C=O) groups is 4. The number of likely N-dealkylation sites (N-methyl/N-ethyl adjacent to an activating group) is 1. The number of nitrogens with zero attached hydrogens (tertiary/aromatic N) is 2. The van der Waals surface area contributed by atoms with E-state index in [0.717, 1.165) is 16.1 Å². The number of halogens is 3. The van der Waals surface area contributed by atoms with Crippen LogP contribution in [0.5, 0.6) is 0 Å². The number of nitrogens with one attached hydrogen (secondary N) is 4. The summed E-state index contributed by atoms with van der Waals surface area (Å²) >= 11 is 5.96. The molecule has 0 spiro atoms. The van der Waals surface area contributed by atoms with Gasteiger partial charge in [0.15, 0.2) is 0 Å². The highest BCUT2D eigenvalue weighted by Gasteiger charge is 2.48. The van der Waals surface area contributed by atoms with Gasteiger partial charge in [0.2, 0.25) is 34.2 Å². The van der Waals surface area contributed by atoms with Crippen LogP contribution in [-0.4, -0.2) is 104 Å². The lowest BCUT2D eigenvalue weighted by atomic mass is 9.84. The topological polar surface area (TPSA) is 157 Å². The van der Waals surface area contributed by atoms with Gasteiger partial charge in [-0.25, -0.2) is 26.3 Å². The Morgan fingerprint density at radius 1 is 0.942 bits per heavy atom. The molecule has 1 aliphatic rings. The van der Waals surface area contributed by atoms with E-state index < -0.39 is 87.7 Å². The van der Waals surface area contributed by atoms with Crippen molar-refractivity contribution in [3.63, 3.8) is 0 Å². The molecule has 1 saturated heterocycles. The van der Waals surface area contributed by atoms with E-state index in [1.165, 1.54) is 11.9 Å². The summed E-state index contributed by atoms with van der Waals surface area (Å²) in [6, 6.07) is 1.45. The highest BCUT2D eigenvalue weighted by Crippen LogP contribution is 2.33. The van der Waals surface area contributed by atoms with Gasteiger partial charge in [-0.1, -0.05) is 79.1 Å². The second-order valence-electron chi connectivity index (χ2n) is 16.5. The molecule has 16 heteroatoms. The molecule has 0 aliphatic carbocycles. The molecule has 1 fully saturated rings. The first-order chi connectivity index (χ1) is 23.7. The van der Waals surface area contributed by atoms with E-state index in [-0.39, 0.29) is 24.9 Å². The highest BCUT2D eigenvalue weighted by atomic mass is 35.5. The maximum atomic E-state index is 14.3. The van der Waals surface area contributed by atoms with Crippen LogP contribution in [0.25, 0.3) is 0 Å². The van der Waals surface area contributed by atoms with E-state index in [4.69, 9.17) is 11.6 Å². The van der Waals surface area contributed by atoms with Crippen LogP contribution in [0, 0.1) is 22.7 Å². The fourth-order valence-electron chi connectivity index (χ4n) is 6.21. The Morgan fingerprint density at radius 2 is 1.52 bits per heavy atom. The molecule has 0 bridgehead atoms. The van der Waals surface area contributed by atoms with Crippen molar-refractivity contribution in [2.45, 2.75) is 118 Å². The Kier molecular flexibility index (Phi) is 15.9. The summed E-state index contributed by atoms with van der Waals surface area (Å²) in [7, 11) is -2.13. The van der Waals surface area contributed by atoms with Crippen molar-refractivity contribution in [2.75, 3.05) is 26.4 Å². The van der Waals surface area contributed by atoms with Gasteiger partial charge in [0.05, 0.1) is 6.26 Å². The highest BCUT2D eigenvalue weighted by molar-refractivity contribution is 7.88. The van der Waals surface area contributed by atoms with E-state index in [2.05, 4.69) is 21.3 Å². The van der Waals surface area contributed by atoms with Gasteiger partial charge in [-0.2, -0.15) is 0 Å². The van der Waals surface area contributed by atoms with E-state index >= 15 is 0 Å². The molecule has 2 rings (SSSR count). The number of benzene rings is 1. The van der Waals surface area contributed by atoms with E-state index in [9.17, 15) is 36.4 Å². The first-order valence-electron chi connectivity index (χ1n) is 17.6. The van der Waals surface area contributed by atoms with Gasteiger partial charge >= 0.3 is 6.03 Å². The van der Waals surface area contributed by atoms with Crippen LogP contribution in [0.3, 0.4) is 0 Å². The normalized spacial score (nSPS) is 19.3. The fourth-order valence-corrected chi connectivity index (χ4v) is 6.75. The number of sulfonamides is 1. The second kappa shape index (κ2) is 18.3. The first kappa shape index (κ1) is 45.1. The molecule has 4 N–H and O–H groups in total. The Hall–Kier alpha value is -3.04. The Morgan fingerprint density at radius 3 is 2.00 bits per heavy atom. The number of rotatable bonds is 15. The Labute approximate surface area is 313 Å². The molecule has 0 aromatic heterocycles. The van der Waals surface area contributed by atoms with Crippen LogP contribution in [0.2, 0.25) is 5.02 Å². The third kappa shape index (κ3) is 13.4. The standard InChI is InChI=1S/C36H59ClF2N6O6S/c1-21(2)25-16-17-45(33(48)30(36(7,8)9)43-34(49)42-27(35(4,5)6)20-44(10)52(11,50)51)29(25)32(47)41-26(19-28(38)39)31(46)40-22(3)18-23-12-14-24(37)15-13-23/h12-15,21-22,25-30H,16-20H2,1-11H3,(H,40,46)(H,41,47)(H2,42,43,49)/t22?,25-,26+,27-,29+,30-/m1/s1. The predicted molar refractivity (Wildman–Crippen MR) is 199 cm³/mol. The molecule has 52 heavy (non-hydrogen) atoms. The number of urea groups is 1. The number of hydrogen-bond acceptors (Lipinski definition) is 6. The minimum Gasteiger partial charge on any atom is -0.352 e. The SMILES string of the molecule is CC(Cc1ccc(Cl)cc1)NC(=O)[C@H](CC(F)F)NC(=O)[C@@H]1[C@@H](C(C)C)CCN1C(=O)[C@@H](NC(=O)N[C@H](CN(C)S(C)(=O)=O)C(C)(C)C)C(C)(C)C. The van der Waals surface area contributed by atoms with E-state index in [0.29, 0.717) is 17.9 Å². The third-order valence-corrected chi connectivity index (χ3v) is 11.0. The molecule has 296 valence electrons. The van der Waals surface area contributed by atoms with Gasteiger partial charge in [-0.3, -0.25) is 14.4 Å². The molecule has 1 aliphatic heterocycles. The zero-order chi connectivity index (χ0) is 39.9. The molecule has 1 heterocycles. The third-order valence-electron chi connectivity index (χ3n) is 9.49. The van der Waals surface area contributed by atoms with Gasteiger partial charge in [-0.05, 0) is 60.1 Å². The molecular weight excluding hydrogens is 718 g/mol. The quantitative estimate of drug-likeness (QED) is 0.207. The van der Waals surface area contributed by atoms with Crippen LogP contribution in [0.4, 0.5) is 13.6 Å². The Bertz CT molecular complexity index is 1500. The molecule has 6 atom stereocenters. The van der Waals surface area contributed by atoms with Crippen LogP contribution in [-0.2, 0) is 30.8 Å². The van der Waals surface area contributed by atoms with Gasteiger partial charge < -0.3 is 26.2 Å². The van der Waals surface area contributed by atoms with Crippen molar-refractivity contribution < 1.29 is 36.4 Å². The lowest BCUT2D eigenvalue weighted by Crippen LogP contribution is -2.62. The van der Waals surface area contributed by atoms with Crippen LogP contribution in [0.1, 0.15) is 80.7 Å². The Balaban J connectivity index is 2.32. The second-order valence-corrected chi connectivity index (χ2v) is 19.0. The number of alkyl halides is 2. The fraction of sp³-hybridized carbons (Fsp3) is 0.722. The summed E-state index contributed by atoms with van der Waals surface area (Å²) in [4.78, 5) is 56.5. The number of likely N-dealkylation sites (tertiary alicyclic amines) is 1. The molecular formula is C36H59ClF2N6O6S. The molecule has 0 radical (unpaired) electrons. The van der Waals surface area contributed by atoms with Gasteiger partial charge in [0.25, 0.3) is 0 Å². The number of carbonyl (C=O) groups excluding carboxylic acids is 4. The van der Waals surface area contributed by atoms with E-state index in [1.807, 2.05) is 34.6 Å². The summed E-state index contributed by atoms with van der Waals surface area (Å²) in [5.41, 5.74) is -0.531. The lowest BCUT2D eigenvalue weighted by molar-refractivity contribution is -0.144. The monoisotopic (exact) mass is 776 g/mol. The molecule has 1 aromatic carbocycles. The van der Waals surface area contributed by atoms with Gasteiger partial charge in [-0.15, -0.1) is 0 Å². The molecule has 1 aromatic rings. The minimum absolute atomic E-state index is 0.0123. The van der Waals surface area contributed by atoms with Crippen molar-refractivity contribution in [3.05, 3.63) is 34.9 Å². The molecule has 12 nitrogen and oxygen atoms in total. The minimum atomic E-state index is -3.54. The first-order valence-corrected chi connectivity index (χ1v) is 19.9. The number of amides is 5. The molecule has 0 saturated carbocycles. The van der Waals surface area contributed by atoms with Crippen molar-refractivity contribution in [1.29, 1.82) is 0 Å². The maximum Gasteiger partial charge on any atom is 0.315 e. The number of hydrogen-bond donors (Lipinski definition) is 4. The van der Waals surface area contributed by atoms with Crippen molar-refractivity contribution >= 4 is 45.4 Å². The summed E-state index contributed by atoms with van der Waals surface area (Å²) in [6.45, 7) is 16.5.